The molecular formula is C21H17N5O2S. The first kappa shape index (κ1) is 18.9. The molecule has 0 spiro atoms. The number of ether oxygens (including phenoxy) is 1. The lowest BCUT2D eigenvalue weighted by molar-refractivity contribution is -0.118. The number of thioether (sulfide) groups is 1. The van der Waals surface area contributed by atoms with Crippen LogP contribution in [0.4, 0.5) is 5.69 Å². The van der Waals surface area contributed by atoms with Crippen molar-refractivity contribution in [1.29, 1.82) is 5.26 Å². The van der Waals surface area contributed by atoms with Gasteiger partial charge in [-0.1, -0.05) is 49.0 Å². The Morgan fingerprint density at radius 2 is 1.97 bits per heavy atom. The molecule has 0 bridgehead atoms. The molecule has 0 aliphatic carbocycles. The number of anilines is 1. The topological polar surface area (TPSA) is 92.0 Å². The SMILES string of the molecule is CCSc1nnc2c(n1)O[C@@H](c1ccc(C#N)cc1)N(C(C)=O)c1ccccc1-2. The number of para-hydroxylation sites is 1. The fourth-order valence-corrected chi connectivity index (χ4v) is 3.69. The van der Waals surface area contributed by atoms with Gasteiger partial charge in [0.15, 0.2) is 5.69 Å². The van der Waals surface area contributed by atoms with Crippen LogP contribution < -0.4 is 9.64 Å². The molecule has 2 aromatic carbocycles. The van der Waals surface area contributed by atoms with E-state index in [1.54, 1.807) is 29.2 Å². The molecule has 1 atom stereocenters. The summed E-state index contributed by atoms with van der Waals surface area (Å²) in [5.74, 6) is 0.938. The average molecular weight is 403 g/mol. The summed E-state index contributed by atoms with van der Waals surface area (Å²) in [6.07, 6.45) is -0.751. The van der Waals surface area contributed by atoms with Crippen LogP contribution in [0.3, 0.4) is 0 Å². The molecule has 29 heavy (non-hydrogen) atoms. The second-order valence-corrected chi connectivity index (χ2v) is 7.52. The number of benzene rings is 2. The van der Waals surface area contributed by atoms with Gasteiger partial charge >= 0.3 is 0 Å². The minimum atomic E-state index is -0.751. The van der Waals surface area contributed by atoms with Gasteiger partial charge in [-0.2, -0.15) is 10.2 Å². The third-order valence-corrected chi connectivity index (χ3v) is 5.17. The van der Waals surface area contributed by atoms with E-state index in [4.69, 9.17) is 10.00 Å². The molecule has 1 amide bonds. The summed E-state index contributed by atoms with van der Waals surface area (Å²) in [6, 6.07) is 16.5. The zero-order chi connectivity index (χ0) is 20.4. The number of hydrogen-bond acceptors (Lipinski definition) is 7. The molecular weight excluding hydrogens is 386 g/mol. The predicted octanol–water partition coefficient (Wildman–Crippen LogP) is 3.97. The molecule has 0 radical (unpaired) electrons. The van der Waals surface area contributed by atoms with Crippen LogP contribution in [0, 0.1) is 11.3 Å². The van der Waals surface area contributed by atoms with Gasteiger partial charge in [-0.3, -0.25) is 9.69 Å². The zero-order valence-corrected chi connectivity index (χ0v) is 16.7. The van der Waals surface area contributed by atoms with E-state index in [1.807, 2.05) is 31.2 Å². The Labute approximate surface area is 172 Å². The highest BCUT2D eigenvalue weighted by Crippen LogP contribution is 2.43. The molecule has 2 heterocycles. The lowest BCUT2D eigenvalue weighted by Gasteiger charge is -2.29. The molecule has 0 N–H and O–H groups in total. The molecule has 1 aliphatic rings. The van der Waals surface area contributed by atoms with Gasteiger partial charge < -0.3 is 4.74 Å². The zero-order valence-electron chi connectivity index (χ0n) is 15.9. The highest BCUT2D eigenvalue weighted by molar-refractivity contribution is 7.99. The largest absolute Gasteiger partial charge is 0.447 e. The monoisotopic (exact) mass is 403 g/mol. The standard InChI is InChI=1S/C21H17N5O2S/c1-3-29-21-23-19-18(24-25-21)16-6-4-5-7-17(16)26(13(2)27)20(28-19)15-10-8-14(12-22)9-11-15/h4-11,20H,3H2,1-2H3/t20-/m0/s1. The van der Waals surface area contributed by atoms with E-state index in [9.17, 15) is 4.79 Å². The van der Waals surface area contributed by atoms with Crippen LogP contribution in [-0.4, -0.2) is 26.8 Å². The van der Waals surface area contributed by atoms with Crippen molar-refractivity contribution in [3.8, 4) is 23.2 Å². The van der Waals surface area contributed by atoms with Crippen molar-refractivity contribution in [2.45, 2.75) is 25.2 Å². The molecule has 7 nitrogen and oxygen atoms in total. The van der Waals surface area contributed by atoms with E-state index in [-0.39, 0.29) is 5.91 Å². The first-order valence-electron chi connectivity index (χ1n) is 9.05. The molecule has 0 saturated carbocycles. The van der Waals surface area contributed by atoms with Gasteiger partial charge in [0, 0.05) is 18.1 Å². The number of amides is 1. The Morgan fingerprint density at radius 3 is 2.66 bits per heavy atom. The van der Waals surface area contributed by atoms with Crippen LogP contribution in [0.1, 0.15) is 31.2 Å². The van der Waals surface area contributed by atoms with Crippen LogP contribution in [0.2, 0.25) is 0 Å². The molecule has 1 aromatic heterocycles. The Morgan fingerprint density at radius 1 is 1.21 bits per heavy atom. The number of fused-ring (bicyclic) bond motifs is 3. The first-order valence-corrected chi connectivity index (χ1v) is 10.0. The summed E-state index contributed by atoms with van der Waals surface area (Å²) >= 11 is 1.46. The summed E-state index contributed by atoms with van der Waals surface area (Å²) < 4.78 is 6.26. The Kier molecular flexibility index (Phi) is 5.14. The highest BCUT2D eigenvalue weighted by atomic mass is 32.2. The highest BCUT2D eigenvalue weighted by Gasteiger charge is 2.34. The first-order chi connectivity index (χ1) is 14.1. The molecule has 0 saturated heterocycles. The molecule has 3 aromatic rings. The van der Waals surface area contributed by atoms with E-state index in [1.165, 1.54) is 18.7 Å². The van der Waals surface area contributed by atoms with Gasteiger partial charge in [-0.25, -0.2) is 0 Å². The fraction of sp³-hybridized carbons (Fsp3) is 0.190. The van der Waals surface area contributed by atoms with Gasteiger partial charge in [-0.15, -0.1) is 10.2 Å². The summed E-state index contributed by atoms with van der Waals surface area (Å²) in [4.78, 5) is 18.8. The van der Waals surface area contributed by atoms with Crippen LogP contribution in [-0.2, 0) is 4.79 Å². The van der Waals surface area contributed by atoms with Crippen molar-refractivity contribution in [3.63, 3.8) is 0 Å². The second kappa shape index (κ2) is 7.89. The molecule has 144 valence electrons. The number of carbonyl (C=O) groups is 1. The fourth-order valence-electron chi connectivity index (χ4n) is 3.18. The molecule has 4 rings (SSSR count). The van der Waals surface area contributed by atoms with Gasteiger partial charge in [0.2, 0.25) is 23.2 Å². The average Bonchev–Trinajstić information content (AvgIpc) is 2.88. The number of hydrogen-bond donors (Lipinski definition) is 0. The van der Waals surface area contributed by atoms with Crippen LogP contribution >= 0.6 is 11.8 Å². The summed E-state index contributed by atoms with van der Waals surface area (Å²) in [5.41, 5.74) is 3.14. The van der Waals surface area contributed by atoms with Crippen LogP contribution in [0.25, 0.3) is 11.3 Å². The minimum Gasteiger partial charge on any atom is -0.447 e. The number of rotatable bonds is 3. The van der Waals surface area contributed by atoms with E-state index < -0.39 is 6.23 Å². The lowest BCUT2D eigenvalue weighted by Crippen LogP contribution is -2.36. The number of nitrogens with zero attached hydrogens (tertiary/aromatic N) is 5. The van der Waals surface area contributed by atoms with E-state index >= 15 is 0 Å². The van der Waals surface area contributed by atoms with Crippen molar-refractivity contribution in [2.24, 2.45) is 0 Å². The summed E-state index contributed by atoms with van der Waals surface area (Å²) in [6.45, 7) is 3.50. The maximum Gasteiger partial charge on any atom is 0.247 e. The molecule has 0 fully saturated rings. The quantitative estimate of drug-likeness (QED) is 0.611. The predicted molar refractivity (Wildman–Crippen MR) is 109 cm³/mol. The normalized spacial score (nSPS) is 14.8. The summed E-state index contributed by atoms with van der Waals surface area (Å²) in [5, 5.41) is 18.1. The van der Waals surface area contributed by atoms with E-state index in [2.05, 4.69) is 21.3 Å². The lowest BCUT2D eigenvalue weighted by atomic mass is 10.1. The number of nitriles is 1. The third kappa shape index (κ3) is 3.52. The van der Waals surface area contributed by atoms with Crippen molar-refractivity contribution in [3.05, 3.63) is 59.7 Å². The van der Waals surface area contributed by atoms with Crippen molar-refractivity contribution in [2.75, 3.05) is 10.7 Å². The van der Waals surface area contributed by atoms with Crippen molar-refractivity contribution < 1.29 is 9.53 Å². The molecule has 8 heteroatoms. The Bertz CT molecular complexity index is 1110. The Hall–Kier alpha value is -3.44. The van der Waals surface area contributed by atoms with E-state index in [0.717, 1.165) is 16.9 Å². The van der Waals surface area contributed by atoms with Crippen LogP contribution in [0.5, 0.6) is 5.88 Å². The third-order valence-electron chi connectivity index (χ3n) is 4.45. The summed E-state index contributed by atoms with van der Waals surface area (Å²) in [7, 11) is 0. The van der Waals surface area contributed by atoms with Gasteiger partial charge in [0.05, 0.1) is 17.3 Å². The van der Waals surface area contributed by atoms with Gasteiger partial charge in [0.1, 0.15) is 0 Å². The van der Waals surface area contributed by atoms with Crippen molar-refractivity contribution in [1.82, 2.24) is 15.2 Å². The maximum absolute atomic E-state index is 12.7. The number of carbonyl (C=O) groups excluding carboxylic acids is 1. The maximum atomic E-state index is 12.7. The molecule has 1 aliphatic heterocycles. The van der Waals surface area contributed by atoms with Gasteiger partial charge in [0.25, 0.3) is 0 Å². The van der Waals surface area contributed by atoms with E-state index in [0.29, 0.717) is 28.0 Å². The second-order valence-electron chi connectivity index (χ2n) is 6.29. The Balaban J connectivity index is 1.92. The van der Waals surface area contributed by atoms with Gasteiger partial charge in [-0.05, 0) is 24.0 Å². The van der Waals surface area contributed by atoms with Crippen molar-refractivity contribution >= 4 is 23.4 Å². The van der Waals surface area contributed by atoms with Crippen LogP contribution in [0.15, 0.2) is 53.7 Å². The molecule has 0 unspecified atom stereocenters. The number of aromatic nitrogens is 3. The smallest absolute Gasteiger partial charge is 0.247 e. The minimum absolute atomic E-state index is 0.185.